The summed E-state index contributed by atoms with van der Waals surface area (Å²) in [6.45, 7) is 0. The van der Waals surface area contributed by atoms with Crippen molar-refractivity contribution < 1.29 is 19.2 Å². The second-order valence-corrected chi connectivity index (χ2v) is 4.48. The molecule has 1 spiro atoms. The molecule has 3 rings (SSSR count). The Hall–Kier alpha value is -2.54. The molecule has 7 heteroatoms. The van der Waals surface area contributed by atoms with Gasteiger partial charge in [0.1, 0.15) is 0 Å². The fourth-order valence-electron chi connectivity index (χ4n) is 2.55. The van der Waals surface area contributed by atoms with Crippen LogP contribution in [0, 0.1) is 0 Å². The molecule has 2 aliphatic rings. The van der Waals surface area contributed by atoms with E-state index in [0.717, 1.165) is 0 Å². The number of carbonyl (C=O) groups excluding carboxylic acids is 4. The number of carbonyl (C=O) groups is 4. The smallest absolute Gasteiger partial charge is 0.264 e. The molecular weight excluding hydrogens is 250 g/mol. The van der Waals surface area contributed by atoms with Gasteiger partial charge in [0.2, 0.25) is 11.8 Å². The highest BCUT2D eigenvalue weighted by Gasteiger charge is 2.60. The zero-order valence-corrected chi connectivity index (χ0v) is 9.67. The van der Waals surface area contributed by atoms with E-state index in [2.05, 4.69) is 5.32 Å². The number of hydrogen-bond acceptors (Lipinski definition) is 5. The Morgan fingerprint density at radius 2 is 1.84 bits per heavy atom. The van der Waals surface area contributed by atoms with Gasteiger partial charge in [0, 0.05) is 5.56 Å². The van der Waals surface area contributed by atoms with E-state index in [1.807, 2.05) is 0 Å². The largest absolute Gasteiger partial charge is 0.291 e. The van der Waals surface area contributed by atoms with Crippen LogP contribution in [0.15, 0.2) is 24.3 Å². The van der Waals surface area contributed by atoms with Crippen LogP contribution in [0.25, 0.3) is 0 Å². The van der Waals surface area contributed by atoms with E-state index in [1.54, 1.807) is 12.1 Å². The number of nitrogens with one attached hydrogen (secondary N) is 1. The van der Waals surface area contributed by atoms with Gasteiger partial charge in [-0.3, -0.25) is 24.5 Å². The molecule has 0 aliphatic carbocycles. The first-order chi connectivity index (χ1) is 8.98. The van der Waals surface area contributed by atoms with Gasteiger partial charge in [-0.25, -0.2) is 10.9 Å². The normalized spacial score (nSPS) is 25.8. The van der Waals surface area contributed by atoms with E-state index in [4.69, 9.17) is 5.84 Å². The quantitative estimate of drug-likeness (QED) is 0.264. The topological polar surface area (TPSA) is 110 Å². The number of nitrogens with two attached hydrogens (primary N) is 1. The molecule has 0 bridgehead atoms. The summed E-state index contributed by atoms with van der Waals surface area (Å²) in [5.41, 5.74) is -1.27. The van der Waals surface area contributed by atoms with Gasteiger partial charge in [-0.2, -0.15) is 0 Å². The van der Waals surface area contributed by atoms with E-state index in [9.17, 15) is 19.2 Å². The second-order valence-electron chi connectivity index (χ2n) is 4.48. The summed E-state index contributed by atoms with van der Waals surface area (Å²) in [6, 6.07) is 6.21. The van der Waals surface area contributed by atoms with E-state index >= 15 is 0 Å². The lowest BCUT2D eigenvalue weighted by atomic mass is 9.73. The first-order valence-corrected chi connectivity index (χ1v) is 5.56. The number of benzene rings is 1. The minimum atomic E-state index is -1.71. The molecule has 0 aromatic heterocycles. The first kappa shape index (κ1) is 11.5. The van der Waals surface area contributed by atoms with Crippen LogP contribution >= 0.6 is 0 Å². The van der Waals surface area contributed by atoms with Crippen molar-refractivity contribution in [2.75, 3.05) is 0 Å². The zero-order valence-electron chi connectivity index (χ0n) is 9.67. The molecular formula is C12H9N3O4. The highest BCUT2D eigenvalue weighted by atomic mass is 16.2. The van der Waals surface area contributed by atoms with Crippen LogP contribution in [0.2, 0.25) is 0 Å². The number of hydrazine groups is 1. The van der Waals surface area contributed by atoms with Gasteiger partial charge in [-0.1, -0.05) is 18.2 Å². The molecule has 0 unspecified atom stereocenters. The Morgan fingerprint density at radius 3 is 2.47 bits per heavy atom. The summed E-state index contributed by atoms with van der Waals surface area (Å²) in [6.07, 6.45) is -0.363. The number of fused-ring (bicyclic) bond motifs is 2. The molecule has 19 heavy (non-hydrogen) atoms. The van der Waals surface area contributed by atoms with Gasteiger partial charge in [0.25, 0.3) is 11.8 Å². The molecule has 1 fully saturated rings. The Labute approximate surface area is 107 Å². The molecule has 4 amide bonds. The van der Waals surface area contributed by atoms with E-state index in [0.29, 0.717) is 5.01 Å². The summed E-state index contributed by atoms with van der Waals surface area (Å²) in [4.78, 5) is 47.6. The molecule has 1 aromatic rings. The fourth-order valence-corrected chi connectivity index (χ4v) is 2.55. The highest BCUT2D eigenvalue weighted by Crippen LogP contribution is 2.39. The molecule has 3 N–H and O–H groups in total. The van der Waals surface area contributed by atoms with Gasteiger partial charge >= 0.3 is 0 Å². The fraction of sp³-hybridized carbons (Fsp3) is 0.167. The maximum absolute atomic E-state index is 12.2. The predicted molar refractivity (Wildman–Crippen MR) is 61.3 cm³/mol. The standard InChI is InChI=1S/C12H9N3O4/c13-15-8(16)5-12(11(15)19)7-4-2-1-3-6(7)9(17)14-10(12)18/h1-4H,5,13H2,(H,14,17,18)/t12-/m1/s1. The van der Waals surface area contributed by atoms with Gasteiger partial charge in [0.15, 0.2) is 5.41 Å². The zero-order chi connectivity index (χ0) is 13.8. The van der Waals surface area contributed by atoms with E-state index in [-0.39, 0.29) is 17.5 Å². The lowest BCUT2D eigenvalue weighted by molar-refractivity contribution is -0.142. The third kappa shape index (κ3) is 1.24. The van der Waals surface area contributed by atoms with Crippen molar-refractivity contribution in [1.82, 2.24) is 10.3 Å². The van der Waals surface area contributed by atoms with Crippen LogP contribution in [0.3, 0.4) is 0 Å². The number of imide groups is 2. The maximum atomic E-state index is 12.2. The first-order valence-electron chi connectivity index (χ1n) is 5.56. The third-order valence-electron chi connectivity index (χ3n) is 3.52. The van der Waals surface area contributed by atoms with Crippen LogP contribution in [-0.2, 0) is 19.8 Å². The van der Waals surface area contributed by atoms with Crippen molar-refractivity contribution in [1.29, 1.82) is 0 Å². The van der Waals surface area contributed by atoms with Gasteiger partial charge in [-0.15, -0.1) is 0 Å². The van der Waals surface area contributed by atoms with Crippen molar-refractivity contribution >= 4 is 23.6 Å². The minimum absolute atomic E-state index is 0.207. The summed E-state index contributed by atoms with van der Waals surface area (Å²) in [7, 11) is 0. The van der Waals surface area contributed by atoms with E-state index in [1.165, 1.54) is 12.1 Å². The van der Waals surface area contributed by atoms with Crippen LogP contribution in [0.5, 0.6) is 0 Å². The lowest BCUT2D eigenvalue weighted by Gasteiger charge is -2.30. The molecule has 0 radical (unpaired) electrons. The molecule has 1 saturated heterocycles. The summed E-state index contributed by atoms with van der Waals surface area (Å²) >= 11 is 0. The molecule has 2 heterocycles. The van der Waals surface area contributed by atoms with Crippen LogP contribution in [0.1, 0.15) is 22.3 Å². The second kappa shape index (κ2) is 3.48. The van der Waals surface area contributed by atoms with Crippen LogP contribution in [0.4, 0.5) is 0 Å². The minimum Gasteiger partial charge on any atom is -0.291 e. The van der Waals surface area contributed by atoms with Crippen molar-refractivity contribution in [2.45, 2.75) is 11.8 Å². The van der Waals surface area contributed by atoms with Crippen molar-refractivity contribution in [2.24, 2.45) is 5.84 Å². The Morgan fingerprint density at radius 1 is 1.16 bits per heavy atom. The number of hydrogen-bond donors (Lipinski definition) is 2. The summed E-state index contributed by atoms with van der Waals surface area (Å²) < 4.78 is 0. The molecule has 2 aliphatic heterocycles. The van der Waals surface area contributed by atoms with Gasteiger partial charge in [-0.05, 0) is 11.6 Å². The molecule has 7 nitrogen and oxygen atoms in total. The number of amides is 4. The molecule has 96 valence electrons. The monoisotopic (exact) mass is 259 g/mol. The maximum Gasteiger partial charge on any atom is 0.264 e. The number of rotatable bonds is 0. The van der Waals surface area contributed by atoms with Crippen molar-refractivity contribution in [3.05, 3.63) is 35.4 Å². The Kier molecular flexibility index (Phi) is 2.12. The van der Waals surface area contributed by atoms with Crippen molar-refractivity contribution in [3.63, 3.8) is 0 Å². The highest BCUT2D eigenvalue weighted by molar-refractivity contribution is 6.27. The molecule has 1 aromatic carbocycles. The Balaban J connectivity index is 2.30. The third-order valence-corrected chi connectivity index (χ3v) is 3.52. The predicted octanol–water partition coefficient (Wildman–Crippen LogP) is -1.17. The van der Waals surface area contributed by atoms with E-state index < -0.39 is 29.0 Å². The number of nitrogens with zero attached hydrogens (tertiary/aromatic N) is 1. The van der Waals surface area contributed by atoms with Gasteiger partial charge in [0.05, 0.1) is 6.42 Å². The summed E-state index contributed by atoms with van der Waals surface area (Å²) in [5.74, 6) is 2.51. The van der Waals surface area contributed by atoms with Gasteiger partial charge < -0.3 is 0 Å². The Bertz CT molecular complexity index is 654. The molecule has 0 saturated carbocycles. The molecule has 1 atom stereocenters. The average Bonchev–Trinajstić information content (AvgIpc) is 2.63. The average molecular weight is 259 g/mol. The van der Waals surface area contributed by atoms with Crippen molar-refractivity contribution in [3.8, 4) is 0 Å². The van der Waals surface area contributed by atoms with Crippen LogP contribution < -0.4 is 11.2 Å². The van der Waals surface area contributed by atoms with Crippen LogP contribution in [-0.4, -0.2) is 28.6 Å². The lowest BCUT2D eigenvalue weighted by Crippen LogP contribution is -2.56. The summed E-state index contributed by atoms with van der Waals surface area (Å²) in [5, 5.41) is 2.54. The SMILES string of the molecule is NN1C(=O)C[C@@]2(C(=O)NC(=O)c3ccccc32)C1=O.